The highest BCUT2D eigenvalue weighted by Crippen LogP contribution is 2.20. The molecule has 1 aromatic carbocycles. The van der Waals surface area contributed by atoms with Crippen LogP contribution in [-0.4, -0.2) is 37.0 Å². The second kappa shape index (κ2) is 7.27. The van der Waals surface area contributed by atoms with Crippen LogP contribution in [0.1, 0.15) is 25.3 Å². The molecule has 4 heteroatoms. The molecule has 2 rings (SSSR count). The molecule has 4 nitrogen and oxygen atoms in total. The Bertz CT molecular complexity index is 486. The lowest BCUT2D eigenvalue weighted by Gasteiger charge is -2.33. The maximum atomic E-state index is 12.2. The number of benzene rings is 1. The number of ether oxygens (including phenoxy) is 1. The number of carbonyl (C=O) groups is 1. The summed E-state index contributed by atoms with van der Waals surface area (Å²) < 4.78 is 5.11. The van der Waals surface area contributed by atoms with Crippen LogP contribution in [0.3, 0.4) is 0 Å². The number of carbonyl (C=O) groups excluding carboxylic acids is 1. The Morgan fingerprint density at radius 2 is 1.95 bits per heavy atom. The van der Waals surface area contributed by atoms with Crippen LogP contribution in [0, 0.1) is 5.92 Å². The van der Waals surface area contributed by atoms with Gasteiger partial charge in [-0.25, -0.2) is 0 Å². The number of nitrogens with two attached hydrogens (primary N) is 1. The minimum Gasteiger partial charge on any atom is -0.497 e. The molecular formula is C17H24N2O2. The van der Waals surface area contributed by atoms with E-state index >= 15 is 0 Å². The zero-order valence-corrected chi connectivity index (χ0v) is 12.8. The van der Waals surface area contributed by atoms with E-state index in [2.05, 4.69) is 0 Å². The maximum absolute atomic E-state index is 12.2. The van der Waals surface area contributed by atoms with E-state index in [0.29, 0.717) is 5.92 Å². The van der Waals surface area contributed by atoms with Crippen molar-refractivity contribution >= 4 is 12.0 Å². The molecule has 1 aliphatic rings. The number of rotatable bonds is 4. The van der Waals surface area contributed by atoms with Crippen molar-refractivity contribution in [2.45, 2.75) is 25.8 Å². The van der Waals surface area contributed by atoms with E-state index in [9.17, 15) is 4.79 Å². The van der Waals surface area contributed by atoms with E-state index in [4.69, 9.17) is 10.5 Å². The average Bonchev–Trinajstić information content (AvgIpc) is 2.53. The van der Waals surface area contributed by atoms with Crippen LogP contribution in [0.25, 0.3) is 6.08 Å². The highest BCUT2D eigenvalue weighted by Gasteiger charge is 2.23. The lowest BCUT2D eigenvalue weighted by molar-refractivity contribution is -0.127. The number of amides is 1. The largest absolute Gasteiger partial charge is 0.497 e. The summed E-state index contributed by atoms with van der Waals surface area (Å²) in [5.41, 5.74) is 6.91. The summed E-state index contributed by atoms with van der Waals surface area (Å²) in [4.78, 5) is 14.1. The Labute approximate surface area is 126 Å². The van der Waals surface area contributed by atoms with Gasteiger partial charge < -0.3 is 15.4 Å². The third-order valence-electron chi connectivity index (χ3n) is 4.13. The topological polar surface area (TPSA) is 55.6 Å². The number of nitrogens with zero attached hydrogens (tertiary/aromatic N) is 1. The highest BCUT2D eigenvalue weighted by atomic mass is 16.5. The molecule has 1 heterocycles. The summed E-state index contributed by atoms with van der Waals surface area (Å²) in [6, 6.07) is 7.86. The van der Waals surface area contributed by atoms with Gasteiger partial charge in [0, 0.05) is 25.2 Å². The van der Waals surface area contributed by atoms with Crippen LogP contribution in [0.2, 0.25) is 0 Å². The van der Waals surface area contributed by atoms with E-state index < -0.39 is 0 Å². The summed E-state index contributed by atoms with van der Waals surface area (Å²) >= 11 is 0. The molecule has 21 heavy (non-hydrogen) atoms. The van der Waals surface area contributed by atoms with Crippen LogP contribution < -0.4 is 10.5 Å². The first-order valence-electron chi connectivity index (χ1n) is 7.47. The highest BCUT2D eigenvalue weighted by molar-refractivity contribution is 5.91. The van der Waals surface area contributed by atoms with Gasteiger partial charge >= 0.3 is 0 Å². The summed E-state index contributed by atoms with van der Waals surface area (Å²) in [6.45, 7) is 3.65. The molecule has 0 aliphatic carbocycles. The fourth-order valence-corrected chi connectivity index (χ4v) is 2.63. The standard InChI is InChI=1S/C17H24N2O2/c1-13(18)15-9-11-19(12-10-15)17(20)8-5-14-3-6-16(21-2)7-4-14/h3-8,13,15H,9-12,18H2,1-2H3. The molecule has 0 radical (unpaired) electrons. The van der Waals surface area contributed by atoms with Crippen LogP contribution in [0.5, 0.6) is 5.75 Å². The fraction of sp³-hybridized carbons (Fsp3) is 0.471. The molecule has 1 aliphatic heterocycles. The Hall–Kier alpha value is -1.81. The van der Waals surface area contributed by atoms with Gasteiger partial charge in [-0.1, -0.05) is 12.1 Å². The zero-order valence-electron chi connectivity index (χ0n) is 12.8. The van der Waals surface area contributed by atoms with E-state index in [0.717, 1.165) is 37.2 Å². The SMILES string of the molecule is COc1ccc(C=CC(=O)N2CCC(C(C)N)CC2)cc1. The van der Waals surface area contributed by atoms with Gasteiger partial charge in [-0.15, -0.1) is 0 Å². The molecule has 1 atom stereocenters. The molecular weight excluding hydrogens is 264 g/mol. The molecule has 1 unspecified atom stereocenters. The summed E-state index contributed by atoms with van der Waals surface area (Å²) in [5, 5.41) is 0. The quantitative estimate of drug-likeness (QED) is 0.865. The van der Waals surface area contributed by atoms with Gasteiger partial charge in [0.15, 0.2) is 0 Å². The van der Waals surface area contributed by atoms with Crippen molar-refractivity contribution < 1.29 is 9.53 Å². The van der Waals surface area contributed by atoms with Crippen LogP contribution >= 0.6 is 0 Å². The van der Waals surface area contributed by atoms with E-state index in [1.165, 1.54) is 0 Å². The molecule has 1 saturated heterocycles. The van der Waals surface area contributed by atoms with E-state index in [-0.39, 0.29) is 11.9 Å². The van der Waals surface area contributed by atoms with Crippen molar-refractivity contribution in [3.63, 3.8) is 0 Å². The fourth-order valence-electron chi connectivity index (χ4n) is 2.63. The average molecular weight is 288 g/mol. The summed E-state index contributed by atoms with van der Waals surface area (Å²) in [7, 11) is 1.64. The Morgan fingerprint density at radius 3 is 2.48 bits per heavy atom. The summed E-state index contributed by atoms with van der Waals surface area (Å²) in [6.07, 6.45) is 5.49. The molecule has 1 aromatic rings. The lowest BCUT2D eigenvalue weighted by Crippen LogP contribution is -2.41. The number of hydrogen-bond acceptors (Lipinski definition) is 3. The minimum atomic E-state index is 0.0777. The lowest BCUT2D eigenvalue weighted by atomic mass is 9.91. The Kier molecular flexibility index (Phi) is 5.39. The molecule has 0 aromatic heterocycles. The normalized spacial score (nSPS) is 18.0. The van der Waals surface area contributed by atoms with Gasteiger partial charge in [0.25, 0.3) is 0 Å². The third-order valence-corrected chi connectivity index (χ3v) is 4.13. The third kappa shape index (κ3) is 4.33. The van der Waals surface area contributed by atoms with Gasteiger partial charge in [0.2, 0.25) is 5.91 Å². The van der Waals surface area contributed by atoms with Gasteiger partial charge in [-0.3, -0.25) is 4.79 Å². The van der Waals surface area contributed by atoms with Crippen molar-refractivity contribution in [3.8, 4) is 5.75 Å². The smallest absolute Gasteiger partial charge is 0.246 e. The molecule has 114 valence electrons. The number of likely N-dealkylation sites (tertiary alicyclic amines) is 1. The first kappa shape index (κ1) is 15.6. The molecule has 0 spiro atoms. The predicted octanol–water partition coefficient (Wildman–Crippen LogP) is 2.29. The first-order valence-corrected chi connectivity index (χ1v) is 7.47. The first-order chi connectivity index (χ1) is 10.1. The van der Waals surface area contributed by atoms with Gasteiger partial charge in [0.05, 0.1) is 7.11 Å². The molecule has 0 bridgehead atoms. The number of piperidine rings is 1. The second-order valence-electron chi connectivity index (χ2n) is 5.63. The second-order valence-corrected chi connectivity index (χ2v) is 5.63. The zero-order chi connectivity index (χ0) is 15.2. The molecule has 2 N–H and O–H groups in total. The van der Waals surface area contributed by atoms with E-state index in [1.54, 1.807) is 13.2 Å². The minimum absolute atomic E-state index is 0.0777. The van der Waals surface area contributed by atoms with Gasteiger partial charge in [0.1, 0.15) is 5.75 Å². The predicted molar refractivity (Wildman–Crippen MR) is 85.0 cm³/mol. The van der Waals surface area contributed by atoms with Crippen LogP contribution in [-0.2, 0) is 4.79 Å². The van der Waals surface area contributed by atoms with Gasteiger partial charge in [-0.2, -0.15) is 0 Å². The van der Waals surface area contributed by atoms with Crippen molar-refractivity contribution in [3.05, 3.63) is 35.9 Å². The number of methoxy groups -OCH3 is 1. The van der Waals surface area contributed by atoms with Crippen molar-refractivity contribution in [1.82, 2.24) is 4.90 Å². The maximum Gasteiger partial charge on any atom is 0.246 e. The monoisotopic (exact) mass is 288 g/mol. The van der Waals surface area contributed by atoms with E-state index in [1.807, 2.05) is 42.2 Å². The van der Waals surface area contributed by atoms with Crippen molar-refractivity contribution in [2.24, 2.45) is 11.7 Å². The number of hydrogen-bond donors (Lipinski definition) is 1. The molecule has 1 amide bonds. The van der Waals surface area contributed by atoms with Crippen LogP contribution in [0.4, 0.5) is 0 Å². The van der Waals surface area contributed by atoms with Crippen LogP contribution in [0.15, 0.2) is 30.3 Å². The van der Waals surface area contributed by atoms with Crippen molar-refractivity contribution in [1.29, 1.82) is 0 Å². The van der Waals surface area contributed by atoms with Crippen molar-refractivity contribution in [2.75, 3.05) is 20.2 Å². The summed E-state index contributed by atoms with van der Waals surface area (Å²) in [5.74, 6) is 1.44. The molecule has 1 fully saturated rings. The Balaban J connectivity index is 1.87. The van der Waals surface area contributed by atoms with Gasteiger partial charge in [-0.05, 0) is 49.5 Å². The Morgan fingerprint density at radius 1 is 1.33 bits per heavy atom. The molecule has 0 saturated carbocycles.